The maximum atomic E-state index is 10.7. The van der Waals surface area contributed by atoms with E-state index in [0.29, 0.717) is 13.2 Å². The van der Waals surface area contributed by atoms with Crippen LogP contribution in [0.3, 0.4) is 0 Å². The molecule has 0 atom stereocenters. The van der Waals surface area contributed by atoms with Gasteiger partial charge >= 0.3 is 5.97 Å². The molecule has 1 N–H and O–H groups in total. The normalized spacial score (nSPS) is 15.4. The van der Waals surface area contributed by atoms with E-state index < -0.39 is 5.97 Å². The lowest BCUT2D eigenvalue weighted by Crippen LogP contribution is -2.34. The first-order valence-electron chi connectivity index (χ1n) is 5.88. The number of ether oxygens (including phenoxy) is 1. The summed E-state index contributed by atoms with van der Waals surface area (Å²) in [4.78, 5) is 12.6. The quantitative estimate of drug-likeness (QED) is 0.859. The maximum Gasteiger partial charge on any atom is 0.317 e. The third-order valence-electron chi connectivity index (χ3n) is 2.94. The second-order valence-corrected chi connectivity index (χ2v) is 4.22. The molecule has 0 saturated carbocycles. The van der Waals surface area contributed by atoms with Gasteiger partial charge in [-0.05, 0) is 36.6 Å². The van der Waals surface area contributed by atoms with Crippen molar-refractivity contribution in [2.45, 2.75) is 19.9 Å². The van der Waals surface area contributed by atoms with Crippen LogP contribution in [0.4, 0.5) is 0 Å². The Labute approximate surface area is 101 Å². The van der Waals surface area contributed by atoms with E-state index in [2.05, 4.69) is 6.07 Å². The van der Waals surface area contributed by atoms with Crippen molar-refractivity contribution < 1.29 is 14.6 Å². The number of carboxylic acids is 1. The summed E-state index contributed by atoms with van der Waals surface area (Å²) in [6.07, 6.45) is 0.892. The lowest BCUT2D eigenvalue weighted by atomic mass is 9.99. The van der Waals surface area contributed by atoms with Crippen LogP contribution in [0.1, 0.15) is 18.1 Å². The number of hydrogen-bond acceptors (Lipinski definition) is 3. The van der Waals surface area contributed by atoms with E-state index in [-0.39, 0.29) is 6.54 Å². The van der Waals surface area contributed by atoms with Gasteiger partial charge < -0.3 is 9.84 Å². The van der Waals surface area contributed by atoms with Gasteiger partial charge in [0.25, 0.3) is 0 Å². The van der Waals surface area contributed by atoms with Crippen molar-refractivity contribution in [2.24, 2.45) is 0 Å². The molecule has 1 aliphatic heterocycles. The molecule has 0 spiro atoms. The van der Waals surface area contributed by atoms with Crippen molar-refractivity contribution >= 4 is 5.97 Å². The Morgan fingerprint density at radius 1 is 1.47 bits per heavy atom. The van der Waals surface area contributed by atoms with Crippen molar-refractivity contribution in [1.29, 1.82) is 0 Å². The molecule has 92 valence electrons. The number of benzene rings is 1. The molecular formula is C13H17NO3. The van der Waals surface area contributed by atoms with Gasteiger partial charge in [0, 0.05) is 13.1 Å². The molecule has 1 aliphatic rings. The Balaban J connectivity index is 2.09. The smallest absolute Gasteiger partial charge is 0.317 e. The van der Waals surface area contributed by atoms with Crippen LogP contribution >= 0.6 is 0 Å². The Bertz CT molecular complexity index is 417. The van der Waals surface area contributed by atoms with E-state index in [9.17, 15) is 4.79 Å². The van der Waals surface area contributed by atoms with Crippen LogP contribution in [0, 0.1) is 0 Å². The van der Waals surface area contributed by atoms with Crippen LogP contribution in [0.5, 0.6) is 5.75 Å². The largest absolute Gasteiger partial charge is 0.494 e. The monoisotopic (exact) mass is 235 g/mol. The molecule has 0 aromatic heterocycles. The number of aliphatic carboxylic acids is 1. The zero-order valence-corrected chi connectivity index (χ0v) is 9.98. The van der Waals surface area contributed by atoms with E-state index in [1.54, 1.807) is 0 Å². The Kier molecular flexibility index (Phi) is 3.64. The summed E-state index contributed by atoms with van der Waals surface area (Å²) in [7, 11) is 0. The first kappa shape index (κ1) is 11.9. The third kappa shape index (κ3) is 2.97. The fraction of sp³-hybridized carbons (Fsp3) is 0.462. The van der Waals surface area contributed by atoms with Gasteiger partial charge in [0.2, 0.25) is 0 Å². The highest BCUT2D eigenvalue weighted by molar-refractivity contribution is 5.69. The van der Waals surface area contributed by atoms with Crippen LogP contribution in [0.25, 0.3) is 0 Å². The van der Waals surface area contributed by atoms with Crippen molar-refractivity contribution in [3.05, 3.63) is 29.3 Å². The topological polar surface area (TPSA) is 49.8 Å². The molecule has 2 rings (SSSR count). The minimum absolute atomic E-state index is 0.118. The Morgan fingerprint density at radius 3 is 3.00 bits per heavy atom. The highest BCUT2D eigenvalue weighted by Crippen LogP contribution is 2.23. The summed E-state index contributed by atoms with van der Waals surface area (Å²) in [5, 5.41) is 8.77. The molecule has 1 aromatic carbocycles. The summed E-state index contributed by atoms with van der Waals surface area (Å²) in [5.74, 6) is 0.136. The number of nitrogens with zero attached hydrogens (tertiary/aromatic N) is 1. The van der Waals surface area contributed by atoms with E-state index in [1.807, 2.05) is 24.0 Å². The van der Waals surface area contributed by atoms with Gasteiger partial charge in [0.05, 0.1) is 13.2 Å². The van der Waals surface area contributed by atoms with Gasteiger partial charge in [-0.25, -0.2) is 0 Å². The first-order valence-corrected chi connectivity index (χ1v) is 5.88. The zero-order chi connectivity index (χ0) is 12.3. The van der Waals surface area contributed by atoms with Gasteiger partial charge in [0.15, 0.2) is 0 Å². The highest BCUT2D eigenvalue weighted by Gasteiger charge is 2.18. The highest BCUT2D eigenvalue weighted by atomic mass is 16.5. The van der Waals surface area contributed by atoms with E-state index in [0.717, 1.165) is 18.7 Å². The Hall–Kier alpha value is -1.55. The van der Waals surface area contributed by atoms with Crippen LogP contribution < -0.4 is 4.74 Å². The second kappa shape index (κ2) is 5.19. The van der Waals surface area contributed by atoms with Crippen molar-refractivity contribution in [2.75, 3.05) is 19.7 Å². The molecule has 0 radical (unpaired) electrons. The molecule has 0 amide bonds. The van der Waals surface area contributed by atoms with Crippen molar-refractivity contribution in [3.63, 3.8) is 0 Å². The average Bonchev–Trinajstić information content (AvgIpc) is 2.29. The van der Waals surface area contributed by atoms with E-state index in [1.165, 1.54) is 11.1 Å². The predicted octanol–water partition coefficient (Wildman–Crippen LogP) is 1.53. The molecule has 17 heavy (non-hydrogen) atoms. The lowest BCUT2D eigenvalue weighted by Gasteiger charge is -2.27. The van der Waals surface area contributed by atoms with E-state index in [4.69, 9.17) is 9.84 Å². The minimum atomic E-state index is -0.764. The van der Waals surface area contributed by atoms with Crippen LogP contribution in [-0.4, -0.2) is 35.7 Å². The fourth-order valence-corrected chi connectivity index (χ4v) is 2.17. The molecule has 1 aromatic rings. The molecule has 1 heterocycles. The van der Waals surface area contributed by atoms with Gasteiger partial charge in [-0.3, -0.25) is 9.69 Å². The Morgan fingerprint density at radius 2 is 2.29 bits per heavy atom. The summed E-state index contributed by atoms with van der Waals surface area (Å²) in [5.41, 5.74) is 2.48. The average molecular weight is 235 g/mol. The van der Waals surface area contributed by atoms with Crippen LogP contribution in [0.2, 0.25) is 0 Å². The van der Waals surface area contributed by atoms with E-state index >= 15 is 0 Å². The molecule has 4 nitrogen and oxygen atoms in total. The zero-order valence-electron chi connectivity index (χ0n) is 9.98. The first-order chi connectivity index (χ1) is 8.19. The molecule has 0 unspecified atom stereocenters. The van der Waals surface area contributed by atoms with Crippen LogP contribution in [-0.2, 0) is 17.8 Å². The number of fused-ring (bicyclic) bond motifs is 1. The summed E-state index contributed by atoms with van der Waals surface area (Å²) in [6.45, 7) is 4.27. The van der Waals surface area contributed by atoms with Gasteiger partial charge in [-0.1, -0.05) is 6.07 Å². The number of carboxylic acid groups (broad SMARTS) is 1. The van der Waals surface area contributed by atoms with Crippen molar-refractivity contribution in [1.82, 2.24) is 4.90 Å². The fourth-order valence-electron chi connectivity index (χ4n) is 2.17. The molecule has 4 heteroatoms. The van der Waals surface area contributed by atoms with Gasteiger partial charge in [-0.2, -0.15) is 0 Å². The molecular weight excluding hydrogens is 218 g/mol. The lowest BCUT2D eigenvalue weighted by molar-refractivity contribution is -0.138. The number of rotatable bonds is 4. The third-order valence-corrected chi connectivity index (χ3v) is 2.94. The molecule has 0 fully saturated rings. The van der Waals surface area contributed by atoms with Gasteiger partial charge in [0.1, 0.15) is 5.75 Å². The number of carbonyl (C=O) groups is 1. The summed E-state index contributed by atoms with van der Waals surface area (Å²) < 4.78 is 5.46. The van der Waals surface area contributed by atoms with Gasteiger partial charge in [-0.15, -0.1) is 0 Å². The predicted molar refractivity (Wildman–Crippen MR) is 64.2 cm³/mol. The maximum absolute atomic E-state index is 10.7. The molecule has 0 bridgehead atoms. The molecule has 0 aliphatic carbocycles. The summed E-state index contributed by atoms with van der Waals surface area (Å²) >= 11 is 0. The van der Waals surface area contributed by atoms with Crippen molar-refractivity contribution in [3.8, 4) is 5.75 Å². The standard InChI is InChI=1S/C13H17NO3/c1-2-17-12-4-3-11-8-14(9-13(15)16)6-5-10(11)7-12/h3-4,7H,2,5-6,8-9H2,1H3,(H,15,16). The summed E-state index contributed by atoms with van der Waals surface area (Å²) in [6, 6.07) is 6.05. The SMILES string of the molecule is CCOc1ccc2c(c1)CCN(CC(=O)O)C2. The number of hydrogen-bond donors (Lipinski definition) is 1. The second-order valence-electron chi connectivity index (χ2n) is 4.22. The molecule has 0 saturated heterocycles. The minimum Gasteiger partial charge on any atom is -0.494 e. The van der Waals surface area contributed by atoms with Crippen LogP contribution in [0.15, 0.2) is 18.2 Å².